The normalized spacial score (nSPS) is 21.7. The van der Waals surface area contributed by atoms with E-state index in [2.05, 4.69) is 38.5 Å². The van der Waals surface area contributed by atoms with Gasteiger partial charge in [-0.05, 0) is 49.6 Å². The van der Waals surface area contributed by atoms with Crippen LogP contribution < -0.4 is 20.9 Å². The van der Waals surface area contributed by atoms with Crippen LogP contribution in [0.15, 0.2) is 24.4 Å². The Labute approximate surface area is 203 Å². The molecule has 1 atom stereocenters. The molecule has 1 saturated heterocycles. The van der Waals surface area contributed by atoms with Gasteiger partial charge in [-0.15, -0.1) is 0 Å². The van der Waals surface area contributed by atoms with Crippen molar-refractivity contribution < 1.29 is 14.0 Å². The van der Waals surface area contributed by atoms with E-state index in [9.17, 15) is 14.0 Å². The molecule has 3 heterocycles. The number of nitrogens with one attached hydrogen (secondary N) is 3. The van der Waals surface area contributed by atoms with Crippen LogP contribution in [0, 0.1) is 5.82 Å². The van der Waals surface area contributed by atoms with Gasteiger partial charge in [-0.25, -0.2) is 9.37 Å². The zero-order valence-corrected chi connectivity index (χ0v) is 19.8. The predicted molar refractivity (Wildman–Crippen MR) is 131 cm³/mol. The van der Waals surface area contributed by atoms with Crippen LogP contribution in [-0.4, -0.2) is 52.2 Å². The van der Waals surface area contributed by atoms with E-state index in [1.54, 1.807) is 12.3 Å². The van der Waals surface area contributed by atoms with E-state index >= 15 is 0 Å². The SMILES string of the molecule is O=C(NCCCS)c1ccc(Nc2ncc3c(n2)N(C2CCCC2)C2(CCNC2=O)C3)cc1F. The zero-order chi connectivity index (χ0) is 23.7. The highest BCUT2D eigenvalue weighted by Gasteiger charge is 2.55. The second kappa shape index (κ2) is 9.40. The van der Waals surface area contributed by atoms with Crippen LogP contribution in [0.25, 0.3) is 0 Å². The number of hydrogen-bond acceptors (Lipinski definition) is 7. The van der Waals surface area contributed by atoms with Gasteiger partial charge in [-0.1, -0.05) is 12.8 Å². The zero-order valence-electron chi connectivity index (χ0n) is 18.9. The topological polar surface area (TPSA) is 99.2 Å². The molecule has 1 aromatic heterocycles. The van der Waals surface area contributed by atoms with Crippen molar-refractivity contribution in [2.24, 2.45) is 0 Å². The molecule has 1 aromatic carbocycles. The highest BCUT2D eigenvalue weighted by molar-refractivity contribution is 7.80. The summed E-state index contributed by atoms with van der Waals surface area (Å²) in [5, 5.41) is 8.76. The first-order chi connectivity index (χ1) is 16.5. The fourth-order valence-electron chi connectivity index (χ4n) is 5.42. The van der Waals surface area contributed by atoms with Crippen molar-refractivity contribution in [1.29, 1.82) is 0 Å². The van der Waals surface area contributed by atoms with Gasteiger partial charge in [0.1, 0.15) is 17.2 Å². The molecule has 1 unspecified atom stereocenters. The number of benzene rings is 1. The molecule has 5 rings (SSSR count). The molecule has 8 nitrogen and oxygen atoms in total. The Hall–Kier alpha value is -2.88. The number of halogens is 1. The lowest BCUT2D eigenvalue weighted by Crippen LogP contribution is -2.56. The first-order valence-corrected chi connectivity index (χ1v) is 12.5. The summed E-state index contributed by atoms with van der Waals surface area (Å²) in [7, 11) is 0. The number of rotatable bonds is 7. The van der Waals surface area contributed by atoms with E-state index in [4.69, 9.17) is 4.98 Å². The van der Waals surface area contributed by atoms with Crippen LogP contribution in [0.1, 0.15) is 54.4 Å². The lowest BCUT2D eigenvalue weighted by Gasteiger charge is -2.38. The Bertz CT molecular complexity index is 1110. The molecule has 3 N–H and O–H groups in total. The highest BCUT2D eigenvalue weighted by Crippen LogP contribution is 2.46. The van der Waals surface area contributed by atoms with E-state index in [0.29, 0.717) is 43.3 Å². The van der Waals surface area contributed by atoms with E-state index in [1.165, 1.54) is 12.1 Å². The lowest BCUT2D eigenvalue weighted by molar-refractivity contribution is -0.123. The molecule has 180 valence electrons. The van der Waals surface area contributed by atoms with Crippen molar-refractivity contribution >= 4 is 41.9 Å². The summed E-state index contributed by atoms with van der Waals surface area (Å²) in [5.41, 5.74) is 0.817. The molecule has 34 heavy (non-hydrogen) atoms. The Morgan fingerprint density at radius 2 is 2.15 bits per heavy atom. The lowest BCUT2D eigenvalue weighted by atomic mass is 9.91. The van der Waals surface area contributed by atoms with Crippen LogP contribution in [0.4, 0.5) is 21.8 Å². The van der Waals surface area contributed by atoms with Gasteiger partial charge in [0, 0.05) is 43.0 Å². The van der Waals surface area contributed by atoms with E-state index < -0.39 is 17.3 Å². The van der Waals surface area contributed by atoms with Gasteiger partial charge in [0.05, 0.1) is 5.56 Å². The maximum Gasteiger partial charge on any atom is 0.254 e. The number of carbonyl (C=O) groups is 2. The Kier molecular flexibility index (Phi) is 6.33. The van der Waals surface area contributed by atoms with E-state index in [1.807, 2.05) is 0 Å². The third kappa shape index (κ3) is 4.08. The van der Waals surface area contributed by atoms with Gasteiger partial charge in [-0.2, -0.15) is 17.6 Å². The summed E-state index contributed by atoms with van der Waals surface area (Å²) in [4.78, 5) is 36.6. The second-order valence-electron chi connectivity index (χ2n) is 9.22. The third-order valence-electron chi connectivity index (χ3n) is 7.04. The first-order valence-electron chi connectivity index (χ1n) is 11.9. The molecule has 2 amide bonds. The molecular formula is C24H29FN6O2S. The van der Waals surface area contributed by atoms with Crippen LogP contribution in [0.2, 0.25) is 0 Å². The molecule has 1 aliphatic carbocycles. The van der Waals surface area contributed by atoms with Crippen molar-refractivity contribution in [2.75, 3.05) is 29.1 Å². The Morgan fingerprint density at radius 3 is 2.85 bits per heavy atom. The van der Waals surface area contributed by atoms with Gasteiger partial charge < -0.3 is 20.9 Å². The fraction of sp³-hybridized carbons (Fsp3) is 0.500. The quantitative estimate of drug-likeness (QED) is 0.356. The van der Waals surface area contributed by atoms with Gasteiger partial charge in [0.25, 0.3) is 5.91 Å². The fourth-order valence-corrected chi connectivity index (χ4v) is 5.58. The van der Waals surface area contributed by atoms with Crippen LogP contribution in [0.5, 0.6) is 0 Å². The summed E-state index contributed by atoms with van der Waals surface area (Å²) in [6.45, 7) is 1.12. The summed E-state index contributed by atoms with van der Waals surface area (Å²) in [6, 6.07) is 4.63. The number of hydrogen-bond donors (Lipinski definition) is 4. The first kappa shape index (κ1) is 22.9. The molecular weight excluding hydrogens is 455 g/mol. The Morgan fingerprint density at radius 1 is 1.32 bits per heavy atom. The second-order valence-corrected chi connectivity index (χ2v) is 9.66. The largest absolute Gasteiger partial charge is 0.354 e. The highest BCUT2D eigenvalue weighted by atomic mass is 32.1. The van der Waals surface area contributed by atoms with Gasteiger partial charge in [0.2, 0.25) is 11.9 Å². The average Bonchev–Trinajstić information content (AvgIpc) is 3.54. The number of thiol groups is 1. The number of carbonyl (C=O) groups excluding carboxylic acids is 2. The van der Waals surface area contributed by atoms with Crippen molar-refractivity contribution in [1.82, 2.24) is 20.6 Å². The minimum Gasteiger partial charge on any atom is -0.354 e. The number of nitrogens with zero attached hydrogens (tertiary/aromatic N) is 3. The van der Waals surface area contributed by atoms with Crippen LogP contribution in [-0.2, 0) is 11.2 Å². The van der Waals surface area contributed by atoms with E-state index in [0.717, 1.165) is 43.5 Å². The molecule has 1 spiro atoms. The maximum atomic E-state index is 14.6. The number of aromatic nitrogens is 2. The minimum absolute atomic E-state index is 0.0128. The number of anilines is 3. The number of fused-ring (bicyclic) bond motifs is 1. The molecule has 1 saturated carbocycles. The van der Waals surface area contributed by atoms with Gasteiger partial charge in [0.15, 0.2) is 0 Å². The number of amides is 2. The third-order valence-corrected chi connectivity index (χ3v) is 7.36. The molecule has 0 bridgehead atoms. The molecule has 2 aliphatic heterocycles. The maximum absolute atomic E-state index is 14.6. The molecule has 3 aliphatic rings. The Balaban J connectivity index is 1.38. The van der Waals surface area contributed by atoms with Crippen LogP contribution in [0.3, 0.4) is 0 Å². The standard InChI is InChI=1S/C24H29FN6O2S/c25-19-12-16(6-7-18(19)21(32)26-9-3-11-34)29-23-28-14-15-13-24(8-10-27-22(24)33)31(20(15)30-23)17-4-1-2-5-17/h6-7,12,14,17,34H,1-5,8-11,13H2,(H,26,32)(H,27,33)(H,28,29,30). The monoisotopic (exact) mass is 484 g/mol. The molecule has 2 aromatic rings. The van der Waals surface area contributed by atoms with Gasteiger partial charge >= 0.3 is 0 Å². The smallest absolute Gasteiger partial charge is 0.254 e. The molecule has 10 heteroatoms. The van der Waals surface area contributed by atoms with Crippen LogP contribution >= 0.6 is 12.6 Å². The molecule has 2 fully saturated rings. The van der Waals surface area contributed by atoms with Crippen molar-refractivity contribution in [3.63, 3.8) is 0 Å². The summed E-state index contributed by atoms with van der Waals surface area (Å²) in [6.07, 6.45) is 8.24. The summed E-state index contributed by atoms with van der Waals surface area (Å²) in [5.74, 6) is 0.772. The summed E-state index contributed by atoms with van der Waals surface area (Å²) < 4.78 is 14.6. The van der Waals surface area contributed by atoms with Crippen molar-refractivity contribution in [3.05, 3.63) is 41.3 Å². The van der Waals surface area contributed by atoms with Crippen molar-refractivity contribution in [2.45, 2.75) is 56.5 Å². The van der Waals surface area contributed by atoms with Gasteiger partial charge in [-0.3, -0.25) is 9.59 Å². The van der Waals surface area contributed by atoms with E-state index in [-0.39, 0.29) is 17.5 Å². The van der Waals surface area contributed by atoms with Crippen molar-refractivity contribution in [3.8, 4) is 0 Å². The predicted octanol–water partition coefficient (Wildman–Crippen LogP) is 2.97. The minimum atomic E-state index is -0.622. The summed E-state index contributed by atoms with van der Waals surface area (Å²) >= 11 is 4.11. The molecule has 0 radical (unpaired) electrons. The average molecular weight is 485 g/mol.